The van der Waals surface area contributed by atoms with Crippen LogP contribution in [0.1, 0.15) is 173 Å². The first-order valence-electron chi connectivity index (χ1n) is 20.0. The molecular formula is C43H78O4. The summed E-state index contributed by atoms with van der Waals surface area (Å²) in [5.74, 6) is 2.19. The molecule has 0 bridgehead atoms. The zero-order chi connectivity index (χ0) is 35.4. The molecule has 11 unspecified atom stereocenters. The van der Waals surface area contributed by atoms with Crippen molar-refractivity contribution >= 4 is 11.9 Å². The first-order chi connectivity index (χ1) is 21.6. The van der Waals surface area contributed by atoms with Crippen LogP contribution in [0.2, 0.25) is 0 Å². The van der Waals surface area contributed by atoms with Gasteiger partial charge >= 0.3 is 11.9 Å². The predicted octanol–water partition coefficient (Wildman–Crippen LogP) is 11.9. The Morgan fingerprint density at radius 2 is 1.06 bits per heavy atom. The molecule has 0 N–H and O–H groups in total. The highest BCUT2D eigenvalue weighted by Crippen LogP contribution is 2.52. The van der Waals surface area contributed by atoms with Crippen molar-refractivity contribution in [3.8, 4) is 0 Å². The van der Waals surface area contributed by atoms with Gasteiger partial charge in [0.15, 0.2) is 0 Å². The average molecular weight is 659 g/mol. The minimum absolute atomic E-state index is 0.132. The van der Waals surface area contributed by atoms with Gasteiger partial charge in [-0.1, -0.05) is 109 Å². The van der Waals surface area contributed by atoms with Gasteiger partial charge in [-0.3, -0.25) is 9.59 Å². The third kappa shape index (κ3) is 11.5. The molecule has 4 nitrogen and oxygen atoms in total. The average Bonchev–Trinajstić information content (AvgIpc) is 2.89. The van der Waals surface area contributed by atoms with E-state index in [9.17, 15) is 9.59 Å². The van der Waals surface area contributed by atoms with Crippen molar-refractivity contribution in [2.45, 2.75) is 173 Å². The van der Waals surface area contributed by atoms with E-state index in [0.29, 0.717) is 59.6 Å². The summed E-state index contributed by atoms with van der Waals surface area (Å²) in [6.45, 7) is 31.5. The largest absolute Gasteiger partial charge is 0.465 e. The van der Waals surface area contributed by atoms with Crippen LogP contribution in [0.25, 0.3) is 0 Å². The fourth-order valence-corrected chi connectivity index (χ4v) is 11.0. The lowest BCUT2D eigenvalue weighted by atomic mass is 9.58. The van der Waals surface area contributed by atoms with Crippen molar-refractivity contribution in [2.24, 2.45) is 74.9 Å². The van der Waals surface area contributed by atoms with Crippen LogP contribution < -0.4 is 0 Å². The lowest BCUT2D eigenvalue weighted by molar-refractivity contribution is -0.170. The van der Waals surface area contributed by atoms with Gasteiger partial charge in [0.25, 0.3) is 0 Å². The van der Waals surface area contributed by atoms with Crippen molar-refractivity contribution < 1.29 is 19.1 Å². The number of carbonyl (C=O) groups is 2. The molecule has 3 aliphatic carbocycles. The van der Waals surface area contributed by atoms with Crippen molar-refractivity contribution in [3.63, 3.8) is 0 Å². The van der Waals surface area contributed by atoms with Gasteiger partial charge in [0, 0.05) is 11.8 Å². The predicted molar refractivity (Wildman–Crippen MR) is 197 cm³/mol. The summed E-state index contributed by atoms with van der Waals surface area (Å²) < 4.78 is 12.6. The third-order valence-electron chi connectivity index (χ3n) is 13.3. The second-order valence-electron chi connectivity index (χ2n) is 20.7. The Morgan fingerprint density at radius 3 is 1.49 bits per heavy atom. The molecule has 3 rings (SSSR count). The highest BCUT2D eigenvalue weighted by atomic mass is 16.5. The molecule has 0 radical (unpaired) electrons. The summed E-state index contributed by atoms with van der Waals surface area (Å²) in [6.07, 6.45) is 14.7. The number of esters is 2. The normalized spacial score (nSPS) is 38.5. The summed E-state index contributed by atoms with van der Waals surface area (Å²) in [5.41, 5.74) is 1.02. The van der Waals surface area contributed by atoms with E-state index in [2.05, 4.69) is 90.0 Å². The van der Waals surface area contributed by atoms with E-state index in [1.54, 1.807) is 0 Å². The molecule has 47 heavy (non-hydrogen) atoms. The number of hydrogen-bond acceptors (Lipinski definition) is 4. The van der Waals surface area contributed by atoms with Crippen LogP contribution in [0, 0.1) is 74.9 Å². The second kappa shape index (κ2) is 16.3. The lowest BCUT2D eigenvalue weighted by Crippen LogP contribution is -2.45. The Balaban J connectivity index is 1.67. The SMILES string of the molecule is CC1CC(C)C(COC(=O)C2CCCC(C)C2C(=O)OCC2C(C)CC(C)CC2(C)CCCC(C)(C)C)C(C)(CCCC(C)(C)C)C1. The molecule has 11 atom stereocenters. The molecule has 274 valence electrons. The maximum absolute atomic E-state index is 14.0. The molecule has 0 saturated heterocycles. The van der Waals surface area contributed by atoms with E-state index in [0.717, 1.165) is 19.3 Å². The van der Waals surface area contributed by atoms with E-state index in [4.69, 9.17) is 9.47 Å². The summed E-state index contributed by atoms with van der Waals surface area (Å²) in [7, 11) is 0. The Kier molecular flexibility index (Phi) is 14.0. The molecular weight excluding hydrogens is 580 g/mol. The molecule has 0 aromatic carbocycles. The fourth-order valence-electron chi connectivity index (χ4n) is 11.0. The smallest absolute Gasteiger partial charge is 0.310 e. The van der Waals surface area contributed by atoms with Gasteiger partial charge in [-0.25, -0.2) is 0 Å². The molecule has 4 heteroatoms. The molecule has 0 aliphatic heterocycles. The van der Waals surface area contributed by atoms with Gasteiger partial charge < -0.3 is 9.47 Å². The first kappa shape index (κ1) is 40.4. The van der Waals surface area contributed by atoms with Crippen molar-refractivity contribution in [1.29, 1.82) is 0 Å². The van der Waals surface area contributed by atoms with Crippen LogP contribution in [0.15, 0.2) is 0 Å². The highest BCUT2D eigenvalue weighted by Gasteiger charge is 2.47. The zero-order valence-electron chi connectivity index (χ0n) is 33.4. The third-order valence-corrected chi connectivity index (χ3v) is 13.3. The van der Waals surface area contributed by atoms with Gasteiger partial charge in [0.2, 0.25) is 0 Å². The molecule has 3 aliphatic rings. The van der Waals surface area contributed by atoms with Crippen LogP contribution >= 0.6 is 0 Å². The fraction of sp³-hybridized carbons (Fsp3) is 0.953. The van der Waals surface area contributed by atoms with Crippen LogP contribution in [0.3, 0.4) is 0 Å². The van der Waals surface area contributed by atoms with Gasteiger partial charge in [-0.15, -0.1) is 0 Å². The maximum atomic E-state index is 14.0. The maximum Gasteiger partial charge on any atom is 0.310 e. The minimum atomic E-state index is -0.400. The zero-order valence-corrected chi connectivity index (χ0v) is 33.4. The molecule has 3 saturated carbocycles. The molecule has 0 aromatic heterocycles. The first-order valence-corrected chi connectivity index (χ1v) is 20.0. The van der Waals surface area contributed by atoms with Crippen LogP contribution in [0.4, 0.5) is 0 Å². The quantitative estimate of drug-likeness (QED) is 0.196. The van der Waals surface area contributed by atoms with E-state index >= 15 is 0 Å². The van der Waals surface area contributed by atoms with Crippen LogP contribution in [-0.2, 0) is 19.1 Å². The number of hydrogen-bond donors (Lipinski definition) is 0. The summed E-state index contributed by atoms with van der Waals surface area (Å²) >= 11 is 0. The molecule has 0 aromatic rings. The van der Waals surface area contributed by atoms with Gasteiger partial charge in [-0.2, -0.15) is 0 Å². The van der Waals surface area contributed by atoms with Gasteiger partial charge in [0.1, 0.15) is 0 Å². The second-order valence-corrected chi connectivity index (χ2v) is 20.7. The van der Waals surface area contributed by atoms with Crippen LogP contribution in [-0.4, -0.2) is 25.2 Å². The van der Waals surface area contributed by atoms with Crippen molar-refractivity contribution in [2.75, 3.05) is 13.2 Å². The highest BCUT2D eigenvalue weighted by molar-refractivity contribution is 5.82. The number of carbonyl (C=O) groups excluding carboxylic acids is 2. The number of rotatable bonds is 12. The van der Waals surface area contributed by atoms with E-state index in [-0.39, 0.29) is 28.7 Å². The Bertz CT molecular complexity index is 1000. The minimum Gasteiger partial charge on any atom is -0.465 e. The van der Waals surface area contributed by atoms with E-state index < -0.39 is 11.8 Å². The molecule has 0 spiro atoms. The Hall–Kier alpha value is -1.06. The summed E-state index contributed by atoms with van der Waals surface area (Å²) in [5, 5.41) is 0. The topological polar surface area (TPSA) is 52.6 Å². The monoisotopic (exact) mass is 659 g/mol. The van der Waals surface area contributed by atoms with Crippen LogP contribution in [0.5, 0.6) is 0 Å². The van der Waals surface area contributed by atoms with Crippen molar-refractivity contribution in [3.05, 3.63) is 0 Å². The lowest BCUT2D eigenvalue weighted by Gasteiger charge is -2.48. The standard InChI is InChI=1S/C43H78O4/c1-29-23-32(4)35(42(12,25-29)21-15-19-40(6,7)8)27-46-38(44)34-18-14-17-31(3)37(34)39(45)47-28-36-33(5)24-30(2)26-43(36,13)22-16-20-41(9,10)11/h29-37H,14-28H2,1-13H3. The Labute approximate surface area is 292 Å². The molecule has 3 fully saturated rings. The van der Waals surface area contributed by atoms with Gasteiger partial charge in [-0.05, 0) is 115 Å². The summed E-state index contributed by atoms with van der Waals surface area (Å²) in [4.78, 5) is 27.9. The molecule has 0 amide bonds. The van der Waals surface area contributed by atoms with Gasteiger partial charge in [0.05, 0.1) is 25.0 Å². The van der Waals surface area contributed by atoms with E-state index in [1.165, 1.54) is 64.2 Å². The van der Waals surface area contributed by atoms with Crippen molar-refractivity contribution in [1.82, 2.24) is 0 Å². The molecule has 0 heterocycles. The number of ether oxygens (including phenoxy) is 2. The Morgan fingerprint density at radius 1 is 0.638 bits per heavy atom. The van der Waals surface area contributed by atoms with E-state index in [1.807, 2.05) is 0 Å². The summed E-state index contributed by atoms with van der Waals surface area (Å²) in [6, 6.07) is 0.